The number of allylic oxidation sites excluding steroid dienone is 4. The zero-order chi connectivity index (χ0) is 19.3. The average molecular weight is 547 g/mol. The third kappa shape index (κ3) is 6.59. The van der Waals surface area contributed by atoms with Gasteiger partial charge in [-0.05, 0) is 0 Å². The summed E-state index contributed by atoms with van der Waals surface area (Å²) in [4.78, 5) is 0. The summed E-state index contributed by atoms with van der Waals surface area (Å²) in [5.41, 5.74) is 2.51. The molecule has 0 N–H and O–H groups in total. The molecule has 158 valence electrons. The summed E-state index contributed by atoms with van der Waals surface area (Å²) >= 11 is 0.465. The van der Waals surface area contributed by atoms with E-state index in [2.05, 4.69) is 86.7 Å². The molecule has 0 aromatic heterocycles. The first kappa shape index (κ1) is 25.9. The summed E-state index contributed by atoms with van der Waals surface area (Å²) in [6, 6.07) is 26.4. The van der Waals surface area contributed by atoms with Crippen molar-refractivity contribution >= 4 is 32.4 Å². The van der Waals surface area contributed by atoms with Crippen LogP contribution in [0.15, 0.2) is 72.3 Å². The Kier molecular flexibility index (Phi) is 10.9. The summed E-state index contributed by atoms with van der Waals surface area (Å²) in [7, 11) is 0. The molecule has 0 unspecified atom stereocenters. The number of halogens is 2. The Morgan fingerprint density at radius 3 is 1.67 bits per heavy atom. The van der Waals surface area contributed by atoms with E-state index in [1.807, 2.05) is 0 Å². The van der Waals surface area contributed by atoms with Gasteiger partial charge in [0, 0.05) is 0 Å². The molecule has 3 aromatic carbocycles. The molecule has 0 fully saturated rings. The molecule has 0 atom stereocenters. The molecule has 0 radical (unpaired) electrons. The summed E-state index contributed by atoms with van der Waals surface area (Å²) < 4.78 is 0. The Morgan fingerprint density at radius 1 is 0.833 bits per heavy atom. The van der Waals surface area contributed by atoms with E-state index in [0.29, 0.717) is 37.3 Å². The van der Waals surface area contributed by atoms with Crippen molar-refractivity contribution < 1.29 is 45.3 Å². The average Bonchev–Trinajstić information content (AvgIpc) is 3.53. The first-order chi connectivity index (χ1) is 13.7. The minimum atomic E-state index is 0. The molecule has 6 rings (SSSR count). The molecular formula is C25H28Cl2Si2Zr-4. The second-order valence-electron chi connectivity index (χ2n) is 8.06. The van der Waals surface area contributed by atoms with Crippen molar-refractivity contribution in [3.8, 4) is 0 Å². The molecule has 3 aliphatic rings. The van der Waals surface area contributed by atoms with Gasteiger partial charge in [0.1, 0.15) is 0 Å². The van der Waals surface area contributed by atoms with E-state index >= 15 is 0 Å². The number of fused-ring (bicyclic) bond motifs is 3. The molecule has 30 heavy (non-hydrogen) atoms. The summed E-state index contributed by atoms with van der Waals surface area (Å²) in [5, 5.41) is 5.39. The molecule has 1 aliphatic carbocycles. The van der Waals surface area contributed by atoms with E-state index in [9.17, 15) is 0 Å². The Balaban J connectivity index is 0.000000165. The summed E-state index contributed by atoms with van der Waals surface area (Å²) in [5.74, 6) is 0.685. The van der Waals surface area contributed by atoms with Gasteiger partial charge in [-0.15, -0.1) is 46.2 Å². The number of hydrogen-bond acceptors (Lipinski definition) is 0. The minimum absolute atomic E-state index is 0. The first-order valence-electron chi connectivity index (χ1n) is 10.5. The number of hydrogen-bond donors (Lipinski definition) is 0. The van der Waals surface area contributed by atoms with Crippen molar-refractivity contribution in [2.45, 2.75) is 44.4 Å². The Morgan fingerprint density at radius 2 is 1.33 bits per heavy atom. The maximum absolute atomic E-state index is 3.14. The van der Waals surface area contributed by atoms with E-state index in [1.54, 1.807) is 24.2 Å². The maximum Gasteiger partial charge on any atom is -0.0742 e. The zero-order valence-electron chi connectivity index (χ0n) is 17.7. The van der Waals surface area contributed by atoms with Gasteiger partial charge in [-0.25, -0.2) is 6.08 Å². The van der Waals surface area contributed by atoms with Crippen LogP contribution in [-0.2, 0) is 20.5 Å². The molecule has 3 aromatic rings. The molecule has 0 saturated carbocycles. The van der Waals surface area contributed by atoms with Crippen molar-refractivity contribution in [1.82, 2.24) is 0 Å². The molecule has 2 aliphatic heterocycles. The Labute approximate surface area is 205 Å². The third-order valence-electron chi connectivity index (χ3n) is 5.72. The monoisotopic (exact) mass is 544 g/mol. The molecule has 5 heteroatoms. The predicted molar refractivity (Wildman–Crippen MR) is 123 cm³/mol. The minimum Gasteiger partial charge on any atom is -1.00 e. The van der Waals surface area contributed by atoms with E-state index in [-0.39, 0.29) is 24.8 Å². The molecular weight excluding hydrogens is 519 g/mol. The van der Waals surface area contributed by atoms with Crippen LogP contribution in [0.3, 0.4) is 0 Å². The Bertz CT molecular complexity index is 1040. The standard InChI is InChI=1S/C13H9.C8H11.C4H8Si2.2ClH.Zr/c1-3-7-12-10(5-1)9-11-6-2-4-8-13(11)12;1-7(2)8-5-3-4-6-8;1-2-6-4-3-5-1;;;/h1-9H;5-7H,3H2,1-2H3;1-4H2;2*1H;/q2*-1;;;;/p-2. The fourth-order valence-corrected chi connectivity index (χ4v) is 46.6. The third-order valence-corrected chi connectivity index (χ3v) is 36.0. The predicted octanol–water partition coefficient (Wildman–Crippen LogP) is 1.13. The summed E-state index contributed by atoms with van der Waals surface area (Å²) in [6.07, 6.45) is 8.47. The van der Waals surface area contributed by atoms with Gasteiger partial charge in [0.25, 0.3) is 0 Å². The van der Waals surface area contributed by atoms with Crippen LogP contribution in [0.5, 0.6) is 0 Å². The van der Waals surface area contributed by atoms with Gasteiger partial charge in [-0.3, -0.25) is 6.08 Å². The van der Waals surface area contributed by atoms with Gasteiger partial charge >= 0.3 is 55.5 Å². The van der Waals surface area contributed by atoms with Gasteiger partial charge in [0.05, 0.1) is 0 Å². The van der Waals surface area contributed by atoms with E-state index in [4.69, 9.17) is 0 Å². The van der Waals surface area contributed by atoms with Crippen LogP contribution >= 0.6 is 0 Å². The van der Waals surface area contributed by atoms with Crippen LogP contribution in [0.2, 0.25) is 24.2 Å². The van der Waals surface area contributed by atoms with E-state index in [0.717, 1.165) is 6.42 Å². The van der Waals surface area contributed by atoms with Gasteiger partial charge < -0.3 is 24.8 Å². The molecule has 0 nitrogen and oxygen atoms in total. The van der Waals surface area contributed by atoms with Crippen molar-refractivity contribution in [3.63, 3.8) is 0 Å². The zero-order valence-corrected chi connectivity index (χ0v) is 23.7. The van der Waals surface area contributed by atoms with E-state index < -0.39 is 0 Å². The van der Waals surface area contributed by atoms with Crippen molar-refractivity contribution in [2.75, 3.05) is 0 Å². The smallest absolute Gasteiger partial charge is 0.0742 e. The second kappa shape index (κ2) is 12.7. The van der Waals surface area contributed by atoms with Crippen molar-refractivity contribution in [2.24, 2.45) is 5.92 Å². The van der Waals surface area contributed by atoms with Crippen molar-refractivity contribution in [3.05, 3.63) is 78.4 Å². The first-order valence-corrected chi connectivity index (χ1v) is 21.7. The van der Waals surface area contributed by atoms with Crippen LogP contribution in [-0.4, -0.2) is 10.9 Å². The van der Waals surface area contributed by atoms with Gasteiger partial charge in [-0.1, -0.05) is 56.2 Å². The fourth-order valence-electron chi connectivity index (χ4n) is 4.07. The quantitative estimate of drug-likeness (QED) is 0.317. The Hall–Kier alpha value is -0.313. The van der Waals surface area contributed by atoms with Gasteiger partial charge in [0.15, 0.2) is 0 Å². The van der Waals surface area contributed by atoms with Crippen LogP contribution in [0.4, 0.5) is 0 Å². The van der Waals surface area contributed by atoms with E-state index in [1.165, 1.54) is 27.1 Å². The number of benzene rings is 2. The topological polar surface area (TPSA) is 0 Å². The van der Waals surface area contributed by atoms with Crippen molar-refractivity contribution in [1.29, 1.82) is 0 Å². The molecule has 0 spiro atoms. The fraction of sp³-hybridized carbons (Fsp3) is 0.320. The normalized spacial score (nSPS) is 15.4. The summed E-state index contributed by atoms with van der Waals surface area (Å²) in [6.45, 7) is 4.41. The molecule has 2 heterocycles. The van der Waals surface area contributed by atoms with Crippen LogP contribution < -0.4 is 24.8 Å². The second-order valence-corrected chi connectivity index (χ2v) is 29.4. The van der Waals surface area contributed by atoms with Gasteiger partial charge in [0.2, 0.25) is 0 Å². The molecule has 2 bridgehead atoms. The molecule has 0 amide bonds. The van der Waals surface area contributed by atoms with Crippen LogP contribution in [0.25, 0.3) is 21.5 Å². The van der Waals surface area contributed by atoms with Gasteiger partial charge in [-0.2, -0.15) is 11.6 Å². The SMILES string of the molecule is C1C[Si]2=[Zr]=[Si]1CC2.CC(C)C1=CC[C-]=C1.[Cl-].[Cl-].c1ccc2c(c1)[cH-]c1ccccc12. The maximum atomic E-state index is 3.14. The molecule has 0 saturated heterocycles. The van der Waals surface area contributed by atoms with Crippen LogP contribution in [0, 0.1) is 12.0 Å². The largest absolute Gasteiger partial charge is 1.00 e. The number of rotatable bonds is 1. The van der Waals surface area contributed by atoms with Crippen LogP contribution in [0.1, 0.15) is 20.3 Å².